The van der Waals surface area contributed by atoms with Gasteiger partial charge in [0, 0.05) is 18.5 Å². The number of likely N-dealkylation sites (tertiary alicyclic amines) is 1. The average Bonchev–Trinajstić information content (AvgIpc) is 2.01. The quantitative estimate of drug-likeness (QED) is 0.633. The van der Waals surface area contributed by atoms with Crippen molar-refractivity contribution in [3.63, 3.8) is 0 Å². The topological polar surface area (TPSA) is 20.3 Å². The van der Waals surface area contributed by atoms with Gasteiger partial charge in [-0.3, -0.25) is 4.79 Å². The summed E-state index contributed by atoms with van der Waals surface area (Å²) in [6, 6.07) is 0.354. The van der Waals surface area contributed by atoms with Crippen LogP contribution in [0, 0.1) is 11.3 Å². The molecule has 1 saturated heterocycles. The van der Waals surface area contributed by atoms with Crippen molar-refractivity contribution in [2.24, 2.45) is 11.3 Å². The highest BCUT2D eigenvalue weighted by atomic mass is 16.2. The van der Waals surface area contributed by atoms with Crippen molar-refractivity contribution >= 4 is 5.91 Å². The number of rotatable bonds is 1. The highest BCUT2D eigenvalue weighted by Gasteiger charge is 2.37. The maximum Gasteiger partial charge on any atom is 0.226 e. The molecule has 0 aliphatic carbocycles. The second-order valence-corrected chi connectivity index (χ2v) is 5.69. The second-order valence-electron chi connectivity index (χ2n) is 5.69. The number of amides is 1. The van der Waals surface area contributed by atoms with Crippen molar-refractivity contribution in [2.45, 2.75) is 53.5 Å². The van der Waals surface area contributed by atoms with Crippen LogP contribution < -0.4 is 0 Å². The van der Waals surface area contributed by atoms with E-state index in [1.165, 1.54) is 0 Å². The molecular formula is C12H23NO. The molecule has 0 bridgehead atoms. The Morgan fingerprint density at radius 1 is 1.36 bits per heavy atom. The zero-order valence-electron chi connectivity index (χ0n) is 10.1. The molecule has 0 aromatic heterocycles. The van der Waals surface area contributed by atoms with Crippen LogP contribution in [0.5, 0.6) is 0 Å². The Bertz CT molecular complexity index is 215. The molecular weight excluding hydrogens is 174 g/mol. The van der Waals surface area contributed by atoms with E-state index in [1.54, 1.807) is 0 Å². The molecule has 0 spiro atoms. The van der Waals surface area contributed by atoms with E-state index in [-0.39, 0.29) is 11.3 Å². The summed E-state index contributed by atoms with van der Waals surface area (Å²) in [7, 11) is 0. The highest BCUT2D eigenvalue weighted by molar-refractivity contribution is 5.80. The molecule has 1 atom stereocenters. The lowest BCUT2D eigenvalue weighted by Gasteiger charge is -2.40. The number of carbonyl (C=O) groups excluding carboxylic acids is 1. The predicted octanol–water partition coefficient (Wildman–Crippen LogP) is 2.68. The SMILES string of the molecule is CC(C)N1CCCC(C(C)(C)C)C1=O. The van der Waals surface area contributed by atoms with Crippen molar-refractivity contribution in [1.82, 2.24) is 4.90 Å². The number of carbonyl (C=O) groups is 1. The Morgan fingerprint density at radius 2 is 1.93 bits per heavy atom. The first-order valence-corrected chi connectivity index (χ1v) is 5.64. The standard InChI is InChI=1S/C12H23NO/c1-9(2)13-8-6-7-10(11(13)14)12(3,4)5/h9-10H,6-8H2,1-5H3. The van der Waals surface area contributed by atoms with Crippen molar-refractivity contribution in [3.8, 4) is 0 Å². The van der Waals surface area contributed by atoms with E-state index in [0.717, 1.165) is 19.4 Å². The summed E-state index contributed by atoms with van der Waals surface area (Å²) in [5.74, 6) is 0.581. The van der Waals surface area contributed by atoms with Gasteiger partial charge in [0.05, 0.1) is 0 Å². The van der Waals surface area contributed by atoms with Crippen LogP contribution in [-0.2, 0) is 4.79 Å². The maximum absolute atomic E-state index is 12.1. The number of nitrogens with zero attached hydrogens (tertiary/aromatic N) is 1. The van der Waals surface area contributed by atoms with Crippen molar-refractivity contribution in [3.05, 3.63) is 0 Å². The molecule has 1 amide bonds. The second kappa shape index (κ2) is 3.92. The highest BCUT2D eigenvalue weighted by Crippen LogP contribution is 2.34. The lowest BCUT2D eigenvalue weighted by molar-refractivity contribution is -0.144. The fourth-order valence-corrected chi connectivity index (χ4v) is 2.22. The van der Waals surface area contributed by atoms with Crippen LogP contribution in [0.2, 0.25) is 0 Å². The van der Waals surface area contributed by atoms with Crippen molar-refractivity contribution in [2.75, 3.05) is 6.54 Å². The molecule has 0 aromatic rings. The molecule has 2 heteroatoms. The van der Waals surface area contributed by atoms with E-state index < -0.39 is 0 Å². The maximum atomic E-state index is 12.1. The van der Waals surface area contributed by atoms with Crippen LogP contribution in [0.3, 0.4) is 0 Å². The molecule has 1 fully saturated rings. The van der Waals surface area contributed by atoms with Crippen LogP contribution >= 0.6 is 0 Å². The smallest absolute Gasteiger partial charge is 0.226 e. The fraction of sp³-hybridized carbons (Fsp3) is 0.917. The third-order valence-electron chi connectivity index (χ3n) is 3.14. The molecule has 0 N–H and O–H groups in total. The Morgan fingerprint density at radius 3 is 2.36 bits per heavy atom. The lowest BCUT2D eigenvalue weighted by atomic mass is 9.75. The Labute approximate surface area is 87.7 Å². The third-order valence-corrected chi connectivity index (χ3v) is 3.14. The van der Waals surface area contributed by atoms with Gasteiger partial charge in [0.15, 0.2) is 0 Å². The Hall–Kier alpha value is -0.530. The molecule has 82 valence electrons. The van der Waals surface area contributed by atoms with E-state index in [4.69, 9.17) is 0 Å². The molecule has 1 aliphatic heterocycles. The molecule has 0 aromatic carbocycles. The van der Waals surface area contributed by atoms with Crippen LogP contribution in [-0.4, -0.2) is 23.4 Å². The molecule has 14 heavy (non-hydrogen) atoms. The summed E-state index contributed by atoms with van der Waals surface area (Å²) in [6.45, 7) is 11.6. The number of hydrogen-bond acceptors (Lipinski definition) is 1. The average molecular weight is 197 g/mol. The van der Waals surface area contributed by atoms with Gasteiger partial charge < -0.3 is 4.90 Å². The summed E-state index contributed by atoms with van der Waals surface area (Å²) in [5.41, 5.74) is 0.116. The summed E-state index contributed by atoms with van der Waals surface area (Å²) in [4.78, 5) is 14.2. The zero-order valence-corrected chi connectivity index (χ0v) is 10.1. The number of hydrogen-bond donors (Lipinski definition) is 0. The van der Waals surface area contributed by atoms with E-state index >= 15 is 0 Å². The van der Waals surface area contributed by atoms with Gasteiger partial charge in [-0.25, -0.2) is 0 Å². The van der Waals surface area contributed by atoms with Gasteiger partial charge >= 0.3 is 0 Å². The third kappa shape index (κ3) is 2.28. The molecule has 1 aliphatic rings. The minimum absolute atomic E-state index is 0.116. The van der Waals surface area contributed by atoms with Gasteiger partial charge in [-0.05, 0) is 32.1 Å². The molecule has 1 heterocycles. The zero-order chi connectivity index (χ0) is 10.9. The van der Waals surface area contributed by atoms with E-state index in [9.17, 15) is 4.79 Å². The van der Waals surface area contributed by atoms with Crippen LogP contribution in [0.15, 0.2) is 0 Å². The fourth-order valence-electron chi connectivity index (χ4n) is 2.22. The summed E-state index contributed by atoms with van der Waals surface area (Å²) >= 11 is 0. The molecule has 1 unspecified atom stereocenters. The van der Waals surface area contributed by atoms with Gasteiger partial charge in [0.1, 0.15) is 0 Å². The first-order chi connectivity index (χ1) is 6.34. The normalized spacial score (nSPS) is 24.6. The summed E-state index contributed by atoms with van der Waals surface area (Å²) in [5, 5.41) is 0. The first-order valence-electron chi connectivity index (χ1n) is 5.64. The molecule has 1 rings (SSSR count). The molecule has 2 nitrogen and oxygen atoms in total. The Balaban J connectivity index is 2.77. The number of piperidine rings is 1. The van der Waals surface area contributed by atoms with Gasteiger partial charge in [0.2, 0.25) is 5.91 Å². The monoisotopic (exact) mass is 197 g/mol. The minimum atomic E-state index is 0.116. The van der Waals surface area contributed by atoms with Crippen LogP contribution in [0.1, 0.15) is 47.5 Å². The predicted molar refractivity (Wildman–Crippen MR) is 59.0 cm³/mol. The van der Waals surface area contributed by atoms with Gasteiger partial charge in [-0.15, -0.1) is 0 Å². The Kier molecular flexibility index (Phi) is 3.23. The van der Waals surface area contributed by atoms with Crippen LogP contribution in [0.4, 0.5) is 0 Å². The van der Waals surface area contributed by atoms with Gasteiger partial charge in [0.25, 0.3) is 0 Å². The summed E-state index contributed by atoms with van der Waals surface area (Å²) in [6.07, 6.45) is 2.22. The van der Waals surface area contributed by atoms with Crippen molar-refractivity contribution in [1.29, 1.82) is 0 Å². The van der Waals surface area contributed by atoms with E-state index in [0.29, 0.717) is 11.9 Å². The van der Waals surface area contributed by atoms with Crippen LogP contribution in [0.25, 0.3) is 0 Å². The van der Waals surface area contributed by atoms with Gasteiger partial charge in [-0.2, -0.15) is 0 Å². The van der Waals surface area contributed by atoms with Crippen molar-refractivity contribution < 1.29 is 4.79 Å². The molecule has 0 radical (unpaired) electrons. The first kappa shape index (κ1) is 11.5. The minimum Gasteiger partial charge on any atom is -0.340 e. The van der Waals surface area contributed by atoms with E-state index in [1.807, 2.05) is 4.90 Å². The van der Waals surface area contributed by atoms with E-state index in [2.05, 4.69) is 34.6 Å². The largest absolute Gasteiger partial charge is 0.340 e. The van der Waals surface area contributed by atoms with Gasteiger partial charge in [-0.1, -0.05) is 20.8 Å². The molecule has 0 saturated carbocycles. The summed E-state index contributed by atoms with van der Waals surface area (Å²) < 4.78 is 0. The lowest BCUT2D eigenvalue weighted by Crippen LogP contribution is -2.48.